The fraction of sp³-hybridized carbons (Fsp3) is 0. The Morgan fingerprint density at radius 2 is 2.00 bits per heavy atom. The van der Waals surface area contributed by atoms with Crippen LogP contribution < -0.4 is 0 Å². The number of carboxylic acid groups (broad SMARTS) is 1. The minimum Gasteiger partial charge on any atom is -0.477 e. The number of sulfone groups is 1. The van der Waals surface area contributed by atoms with Gasteiger partial charge < -0.3 is 5.11 Å². The largest absolute Gasteiger partial charge is 0.477 e. The number of carbonyl (C=O) groups is 1. The van der Waals surface area contributed by atoms with Crippen LogP contribution in [0, 0.1) is 5.82 Å². The van der Waals surface area contributed by atoms with E-state index >= 15 is 0 Å². The molecule has 0 aliphatic carbocycles. The van der Waals surface area contributed by atoms with E-state index in [0.717, 1.165) is 12.1 Å². The summed E-state index contributed by atoms with van der Waals surface area (Å²) in [5, 5.41) is 8.64. The second kappa shape index (κ2) is 2.90. The molecule has 0 aromatic heterocycles. The van der Waals surface area contributed by atoms with Gasteiger partial charge in [-0.05, 0) is 18.2 Å². The summed E-state index contributed by atoms with van der Waals surface area (Å²) in [4.78, 5) is 9.55. The van der Waals surface area contributed by atoms with Gasteiger partial charge >= 0.3 is 5.97 Å². The van der Waals surface area contributed by atoms with Crippen molar-refractivity contribution in [1.82, 2.24) is 0 Å². The lowest BCUT2D eigenvalue weighted by atomic mass is 10.2. The maximum absolute atomic E-state index is 13.2. The van der Waals surface area contributed by atoms with Crippen LogP contribution in [0.2, 0.25) is 0 Å². The van der Waals surface area contributed by atoms with Crippen LogP contribution in [0.5, 0.6) is 0 Å². The normalized spacial score (nSPS) is 17.0. The molecule has 1 aromatic rings. The number of hydrogen-bond acceptors (Lipinski definition) is 3. The predicted molar refractivity (Wildman–Crippen MR) is 49.2 cm³/mol. The Balaban J connectivity index is 2.81. The van der Waals surface area contributed by atoms with Gasteiger partial charge in [-0.1, -0.05) is 6.07 Å². The molecular weight excluding hydrogens is 223 g/mol. The van der Waals surface area contributed by atoms with Gasteiger partial charge in [0.15, 0.2) is 4.91 Å². The monoisotopic (exact) mass is 228 g/mol. The zero-order valence-electron chi connectivity index (χ0n) is 7.27. The lowest BCUT2D eigenvalue weighted by Crippen LogP contribution is -2.09. The molecule has 0 radical (unpaired) electrons. The number of halogens is 1. The summed E-state index contributed by atoms with van der Waals surface area (Å²) < 4.78 is 36.3. The fourth-order valence-electron chi connectivity index (χ4n) is 1.40. The van der Waals surface area contributed by atoms with Crippen molar-refractivity contribution in [2.24, 2.45) is 0 Å². The van der Waals surface area contributed by atoms with E-state index in [-0.39, 0.29) is 10.5 Å². The Kier molecular flexibility index (Phi) is 1.90. The Bertz CT molecular complexity index is 586. The highest BCUT2D eigenvalue weighted by molar-refractivity contribution is 7.96. The van der Waals surface area contributed by atoms with Crippen molar-refractivity contribution in [3.8, 4) is 0 Å². The smallest absolute Gasteiger partial charge is 0.347 e. The molecule has 1 heterocycles. The van der Waals surface area contributed by atoms with Gasteiger partial charge in [0, 0.05) is 5.56 Å². The first-order chi connectivity index (χ1) is 6.94. The minimum absolute atomic E-state index is 0.185. The molecule has 0 fully saturated rings. The first-order valence-corrected chi connectivity index (χ1v) is 5.41. The van der Waals surface area contributed by atoms with Crippen molar-refractivity contribution in [1.29, 1.82) is 0 Å². The van der Waals surface area contributed by atoms with Crippen LogP contribution in [-0.4, -0.2) is 19.5 Å². The van der Waals surface area contributed by atoms with Gasteiger partial charge in [-0.15, -0.1) is 0 Å². The molecule has 15 heavy (non-hydrogen) atoms. The van der Waals surface area contributed by atoms with Crippen LogP contribution in [0.4, 0.5) is 4.39 Å². The van der Waals surface area contributed by atoms with E-state index in [1.54, 1.807) is 0 Å². The van der Waals surface area contributed by atoms with E-state index in [1.807, 2.05) is 0 Å². The molecule has 4 nitrogen and oxygen atoms in total. The summed E-state index contributed by atoms with van der Waals surface area (Å²) in [7, 11) is -4.05. The second-order valence-corrected chi connectivity index (χ2v) is 4.86. The average molecular weight is 228 g/mol. The highest BCUT2D eigenvalue weighted by atomic mass is 32.2. The summed E-state index contributed by atoms with van der Waals surface area (Å²) in [6, 6.07) is 3.49. The third kappa shape index (κ3) is 1.25. The van der Waals surface area contributed by atoms with Gasteiger partial charge in [0.25, 0.3) is 0 Å². The number of carboxylic acids is 1. The molecule has 0 saturated carbocycles. The molecule has 1 aliphatic heterocycles. The Labute approximate surface area is 84.6 Å². The van der Waals surface area contributed by atoms with Crippen molar-refractivity contribution in [2.45, 2.75) is 4.90 Å². The topological polar surface area (TPSA) is 71.4 Å². The second-order valence-electron chi connectivity index (χ2n) is 2.97. The van der Waals surface area contributed by atoms with Crippen molar-refractivity contribution in [3.63, 3.8) is 0 Å². The molecule has 0 unspecified atom stereocenters. The summed E-state index contributed by atoms with van der Waals surface area (Å²) in [6.45, 7) is 0. The van der Waals surface area contributed by atoms with Crippen LogP contribution in [0.25, 0.3) is 6.08 Å². The van der Waals surface area contributed by atoms with Gasteiger partial charge in [0.1, 0.15) is 5.82 Å². The Morgan fingerprint density at radius 1 is 1.33 bits per heavy atom. The molecule has 1 aliphatic rings. The first kappa shape index (κ1) is 9.85. The van der Waals surface area contributed by atoms with Crippen molar-refractivity contribution < 1.29 is 22.7 Å². The van der Waals surface area contributed by atoms with Crippen LogP contribution in [0.3, 0.4) is 0 Å². The van der Waals surface area contributed by atoms with Gasteiger partial charge in [-0.25, -0.2) is 17.6 Å². The van der Waals surface area contributed by atoms with Crippen LogP contribution in [0.15, 0.2) is 28.0 Å². The summed E-state index contributed by atoms with van der Waals surface area (Å²) in [5.41, 5.74) is -0.185. The predicted octanol–water partition coefficient (Wildman–Crippen LogP) is 1.04. The molecular formula is C9H5FO4S. The van der Waals surface area contributed by atoms with Crippen LogP contribution in [0.1, 0.15) is 5.56 Å². The lowest BCUT2D eigenvalue weighted by Gasteiger charge is -1.99. The van der Waals surface area contributed by atoms with Gasteiger partial charge in [0.2, 0.25) is 9.84 Å². The van der Waals surface area contributed by atoms with E-state index in [9.17, 15) is 17.6 Å². The van der Waals surface area contributed by atoms with E-state index in [1.165, 1.54) is 12.1 Å². The van der Waals surface area contributed by atoms with Crippen molar-refractivity contribution >= 4 is 21.9 Å². The number of hydrogen-bond donors (Lipinski definition) is 1. The highest BCUT2D eigenvalue weighted by Gasteiger charge is 2.35. The quantitative estimate of drug-likeness (QED) is 0.779. The summed E-state index contributed by atoms with van der Waals surface area (Å²) in [6.07, 6.45) is 0.836. The third-order valence-corrected chi connectivity index (χ3v) is 3.88. The van der Waals surface area contributed by atoms with E-state index < -0.39 is 26.5 Å². The van der Waals surface area contributed by atoms with Gasteiger partial charge in [0.05, 0.1) is 4.90 Å². The molecule has 2 rings (SSSR count). The summed E-state index contributed by atoms with van der Waals surface area (Å²) in [5.74, 6) is -2.32. The molecule has 0 amide bonds. The molecule has 0 spiro atoms. The zero-order valence-corrected chi connectivity index (χ0v) is 8.08. The number of benzene rings is 1. The van der Waals surface area contributed by atoms with E-state index in [2.05, 4.69) is 0 Å². The lowest BCUT2D eigenvalue weighted by molar-refractivity contribution is -0.131. The molecule has 1 aromatic carbocycles. The van der Waals surface area contributed by atoms with Gasteiger partial charge in [-0.2, -0.15) is 0 Å². The molecule has 6 heteroatoms. The molecule has 0 saturated heterocycles. The molecule has 78 valence electrons. The SMILES string of the molecule is O=C(O)C1=Cc2c(F)cccc2S1(=O)=O. The minimum atomic E-state index is -4.05. The summed E-state index contributed by atoms with van der Waals surface area (Å²) >= 11 is 0. The zero-order chi connectivity index (χ0) is 11.2. The first-order valence-electron chi connectivity index (χ1n) is 3.93. The molecule has 0 bridgehead atoms. The van der Waals surface area contributed by atoms with E-state index in [4.69, 9.17) is 5.11 Å². The Morgan fingerprint density at radius 3 is 2.53 bits per heavy atom. The van der Waals surface area contributed by atoms with Crippen molar-refractivity contribution in [2.75, 3.05) is 0 Å². The molecule has 1 N–H and O–H groups in total. The fourth-order valence-corrected chi connectivity index (χ4v) is 2.84. The van der Waals surface area contributed by atoms with Gasteiger partial charge in [-0.3, -0.25) is 0 Å². The number of rotatable bonds is 1. The standard InChI is InChI=1S/C9H5FO4S/c10-6-2-1-3-7-5(6)4-8(9(11)12)15(7,13)14/h1-4H,(H,11,12). The highest BCUT2D eigenvalue weighted by Crippen LogP contribution is 2.34. The van der Waals surface area contributed by atoms with E-state index in [0.29, 0.717) is 0 Å². The third-order valence-electron chi connectivity index (χ3n) is 2.08. The van der Waals surface area contributed by atoms with Crippen LogP contribution >= 0.6 is 0 Å². The molecule has 0 atom stereocenters. The maximum atomic E-state index is 13.2. The maximum Gasteiger partial charge on any atom is 0.347 e. The number of fused-ring (bicyclic) bond motifs is 1. The van der Waals surface area contributed by atoms with Crippen LogP contribution in [-0.2, 0) is 14.6 Å². The van der Waals surface area contributed by atoms with Crippen molar-refractivity contribution in [3.05, 3.63) is 34.5 Å². The number of aliphatic carboxylic acids is 1. The Hall–Kier alpha value is -1.69. The average Bonchev–Trinajstić information content (AvgIpc) is 2.40.